The van der Waals surface area contributed by atoms with E-state index in [9.17, 15) is 13.2 Å². The van der Waals surface area contributed by atoms with Gasteiger partial charge in [-0.15, -0.1) is 0 Å². The molecule has 1 aliphatic carbocycles. The van der Waals surface area contributed by atoms with Crippen LogP contribution in [0.25, 0.3) is 0 Å². The molecule has 0 aromatic carbocycles. The fourth-order valence-electron chi connectivity index (χ4n) is 2.60. The molecule has 0 bridgehead atoms. The molecule has 0 spiro atoms. The third-order valence-corrected chi connectivity index (χ3v) is 6.47. The zero-order chi connectivity index (χ0) is 15.1. The lowest BCUT2D eigenvalue weighted by molar-refractivity contribution is -0.135. The lowest BCUT2D eigenvalue weighted by Gasteiger charge is -2.41. The first-order chi connectivity index (χ1) is 8.37. The van der Waals surface area contributed by atoms with Crippen LogP contribution in [0.1, 0.15) is 53.4 Å². The third kappa shape index (κ3) is 3.57. The van der Waals surface area contributed by atoms with Gasteiger partial charge in [0.15, 0.2) is 0 Å². The summed E-state index contributed by atoms with van der Waals surface area (Å²) < 4.78 is 23.3. The molecule has 1 rings (SSSR count). The molecule has 0 radical (unpaired) electrons. The van der Waals surface area contributed by atoms with E-state index in [-0.39, 0.29) is 17.0 Å². The molecule has 19 heavy (non-hydrogen) atoms. The molecule has 2 atom stereocenters. The molecule has 0 aliphatic heterocycles. The molecule has 4 nitrogen and oxygen atoms in total. The lowest BCUT2D eigenvalue weighted by Crippen LogP contribution is -2.54. The van der Waals surface area contributed by atoms with Crippen molar-refractivity contribution >= 4 is 15.6 Å². The summed E-state index contributed by atoms with van der Waals surface area (Å²) in [6.07, 6.45) is 3.98. The van der Waals surface area contributed by atoms with Gasteiger partial charge in [-0.1, -0.05) is 20.3 Å². The van der Waals surface area contributed by atoms with Crippen LogP contribution in [0.3, 0.4) is 0 Å². The molecular formula is C14H27NO3S. The van der Waals surface area contributed by atoms with Crippen molar-refractivity contribution in [1.82, 2.24) is 0 Å². The predicted molar refractivity (Wildman–Crippen MR) is 77.6 cm³/mol. The topological polar surface area (TPSA) is 77.2 Å². The van der Waals surface area contributed by atoms with Gasteiger partial charge in [-0.3, -0.25) is 4.79 Å². The number of hydrogen-bond acceptors (Lipinski definition) is 4. The van der Waals surface area contributed by atoms with E-state index >= 15 is 0 Å². The molecule has 0 aromatic rings. The summed E-state index contributed by atoms with van der Waals surface area (Å²) in [5.74, 6) is -0.0698. The Balaban J connectivity index is 2.90. The van der Waals surface area contributed by atoms with Crippen LogP contribution in [0.4, 0.5) is 0 Å². The maximum Gasteiger partial charge on any atom is 0.150 e. The van der Waals surface area contributed by atoms with Crippen molar-refractivity contribution in [2.24, 2.45) is 17.1 Å². The van der Waals surface area contributed by atoms with Gasteiger partial charge in [0.05, 0.1) is 5.25 Å². The van der Waals surface area contributed by atoms with Gasteiger partial charge in [0.1, 0.15) is 15.6 Å². The van der Waals surface area contributed by atoms with E-state index in [1.807, 2.05) is 27.7 Å². The van der Waals surface area contributed by atoms with Gasteiger partial charge in [0, 0.05) is 23.1 Å². The number of nitrogens with two attached hydrogens (primary N) is 1. The van der Waals surface area contributed by atoms with Gasteiger partial charge in [-0.2, -0.15) is 0 Å². The van der Waals surface area contributed by atoms with Gasteiger partial charge in [-0.25, -0.2) is 8.42 Å². The Morgan fingerprint density at radius 2 is 1.68 bits per heavy atom. The van der Waals surface area contributed by atoms with Crippen LogP contribution in [0.5, 0.6) is 0 Å². The Morgan fingerprint density at radius 1 is 1.16 bits per heavy atom. The average molecular weight is 289 g/mol. The molecule has 2 unspecified atom stereocenters. The molecule has 0 amide bonds. The van der Waals surface area contributed by atoms with Crippen LogP contribution in [0, 0.1) is 11.3 Å². The fraction of sp³-hybridized carbons (Fsp3) is 0.929. The minimum atomic E-state index is -3.06. The second-order valence-electron chi connectivity index (χ2n) is 7.03. The third-order valence-electron chi connectivity index (χ3n) is 4.83. The quantitative estimate of drug-likeness (QED) is 0.857. The Kier molecular flexibility index (Phi) is 4.52. The number of rotatable bonds is 4. The van der Waals surface area contributed by atoms with E-state index in [0.29, 0.717) is 12.8 Å². The molecule has 5 heteroatoms. The van der Waals surface area contributed by atoms with Crippen molar-refractivity contribution in [3.05, 3.63) is 0 Å². The Hall–Kier alpha value is -0.420. The summed E-state index contributed by atoms with van der Waals surface area (Å²) in [6.45, 7) is 7.42. The molecule has 0 saturated heterocycles. The van der Waals surface area contributed by atoms with E-state index in [1.54, 1.807) is 0 Å². The predicted octanol–water partition coefficient (Wildman–Crippen LogP) is 1.92. The fourth-order valence-corrected chi connectivity index (χ4v) is 3.78. The van der Waals surface area contributed by atoms with Gasteiger partial charge in [-0.05, 0) is 33.1 Å². The van der Waals surface area contributed by atoms with Crippen LogP contribution in [0.15, 0.2) is 0 Å². The molecule has 112 valence electrons. The number of ketones is 1. The van der Waals surface area contributed by atoms with Crippen molar-refractivity contribution < 1.29 is 13.2 Å². The SMILES string of the molecule is CC(C)(N)C(C)(C)C(=O)C1CCCC(S(C)(=O)=O)C1. The minimum absolute atomic E-state index is 0.105. The molecule has 2 N–H and O–H groups in total. The zero-order valence-corrected chi connectivity index (χ0v) is 13.5. The van der Waals surface area contributed by atoms with Gasteiger partial charge in [0.2, 0.25) is 0 Å². The molecule has 0 aromatic heterocycles. The highest BCUT2D eigenvalue weighted by atomic mass is 32.2. The van der Waals surface area contributed by atoms with E-state index in [1.165, 1.54) is 6.26 Å². The molecule has 1 aliphatic rings. The van der Waals surface area contributed by atoms with Crippen molar-refractivity contribution in [2.45, 2.75) is 64.2 Å². The summed E-state index contributed by atoms with van der Waals surface area (Å²) in [7, 11) is -3.06. The van der Waals surface area contributed by atoms with Crippen molar-refractivity contribution in [3.63, 3.8) is 0 Å². The van der Waals surface area contributed by atoms with E-state index in [4.69, 9.17) is 5.73 Å². The van der Waals surface area contributed by atoms with E-state index < -0.39 is 20.8 Å². The first-order valence-electron chi connectivity index (χ1n) is 6.89. The van der Waals surface area contributed by atoms with Crippen LogP contribution in [0.2, 0.25) is 0 Å². The van der Waals surface area contributed by atoms with Crippen LogP contribution in [-0.2, 0) is 14.6 Å². The highest BCUT2D eigenvalue weighted by Gasteiger charge is 2.45. The van der Waals surface area contributed by atoms with Gasteiger partial charge in [0.25, 0.3) is 0 Å². The summed E-state index contributed by atoms with van der Waals surface area (Å²) in [4.78, 5) is 12.7. The number of carbonyl (C=O) groups excluding carboxylic acids is 1. The van der Waals surface area contributed by atoms with Crippen LogP contribution < -0.4 is 5.73 Å². The highest BCUT2D eigenvalue weighted by Crippen LogP contribution is 2.38. The van der Waals surface area contributed by atoms with Crippen LogP contribution in [-0.4, -0.2) is 31.2 Å². The van der Waals surface area contributed by atoms with E-state index in [0.717, 1.165) is 12.8 Å². The van der Waals surface area contributed by atoms with Crippen LogP contribution >= 0.6 is 0 Å². The van der Waals surface area contributed by atoms with Gasteiger partial charge >= 0.3 is 0 Å². The molecule has 1 saturated carbocycles. The number of hydrogen-bond donors (Lipinski definition) is 1. The molecule has 1 fully saturated rings. The Bertz CT molecular complexity index is 446. The largest absolute Gasteiger partial charge is 0.325 e. The summed E-state index contributed by atoms with van der Waals surface area (Å²) in [5, 5.41) is -0.369. The van der Waals surface area contributed by atoms with Gasteiger partial charge < -0.3 is 5.73 Å². The van der Waals surface area contributed by atoms with Crippen molar-refractivity contribution in [1.29, 1.82) is 0 Å². The Labute approximate surface area is 117 Å². The standard InChI is InChI=1S/C14H27NO3S/c1-13(2,14(3,4)15)12(16)10-7-6-8-11(9-10)19(5,17)18/h10-11H,6-9,15H2,1-5H3. The first kappa shape index (κ1) is 16.6. The number of sulfone groups is 1. The maximum atomic E-state index is 12.7. The number of Topliss-reactive ketones (excluding diaryl/α,β-unsaturated/α-hetero) is 1. The van der Waals surface area contributed by atoms with E-state index in [2.05, 4.69) is 0 Å². The monoisotopic (exact) mass is 289 g/mol. The molecular weight excluding hydrogens is 262 g/mol. The lowest BCUT2D eigenvalue weighted by atomic mass is 9.66. The van der Waals surface area contributed by atoms with Crippen molar-refractivity contribution in [3.8, 4) is 0 Å². The summed E-state index contributed by atoms with van der Waals surface area (Å²) in [6, 6.07) is 0. The smallest absolute Gasteiger partial charge is 0.150 e. The Morgan fingerprint density at radius 3 is 2.11 bits per heavy atom. The second-order valence-corrected chi connectivity index (χ2v) is 9.35. The average Bonchev–Trinajstić information content (AvgIpc) is 2.25. The van der Waals surface area contributed by atoms with Crippen molar-refractivity contribution in [2.75, 3.05) is 6.26 Å². The first-order valence-corrected chi connectivity index (χ1v) is 8.85. The number of carbonyl (C=O) groups is 1. The maximum absolute atomic E-state index is 12.7. The summed E-state index contributed by atoms with van der Waals surface area (Å²) in [5.41, 5.74) is 4.85. The minimum Gasteiger partial charge on any atom is -0.325 e. The highest BCUT2D eigenvalue weighted by molar-refractivity contribution is 7.91. The second kappa shape index (κ2) is 5.17. The normalized spacial score (nSPS) is 26.2. The zero-order valence-electron chi connectivity index (χ0n) is 12.7. The molecule has 0 heterocycles. The summed E-state index contributed by atoms with van der Waals surface area (Å²) >= 11 is 0.